The third kappa shape index (κ3) is 7.25. The van der Waals surface area contributed by atoms with Crippen LogP contribution in [0.1, 0.15) is 38.1 Å². The van der Waals surface area contributed by atoms with E-state index in [0.717, 1.165) is 50.6 Å². The average Bonchev–Trinajstić information content (AvgIpc) is 3.28. The van der Waals surface area contributed by atoms with E-state index >= 15 is 0 Å². The van der Waals surface area contributed by atoms with Crippen molar-refractivity contribution >= 4 is 12.1 Å². The van der Waals surface area contributed by atoms with Crippen LogP contribution in [0, 0.1) is 0 Å². The third-order valence-corrected chi connectivity index (χ3v) is 5.53. The van der Waals surface area contributed by atoms with Crippen LogP contribution >= 0.6 is 0 Å². The van der Waals surface area contributed by atoms with Crippen molar-refractivity contribution in [1.82, 2.24) is 30.3 Å². The van der Waals surface area contributed by atoms with Crippen LogP contribution in [0.25, 0.3) is 0 Å². The van der Waals surface area contributed by atoms with Crippen LogP contribution in [0.3, 0.4) is 0 Å². The minimum atomic E-state index is -0.221. The molecule has 0 atom stereocenters. The summed E-state index contributed by atoms with van der Waals surface area (Å²) in [6, 6.07) is 10.7. The summed E-state index contributed by atoms with van der Waals surface area (Å²) in [6.45, 7) is 7.90. The van der Waals surface area contributed by atoms with Crippen molar-refractivity contribution in [2.45, 2.75) is 52.1 Å². The minimum absolute atomic E-state index is 0.221. The maximum absolute atomic E-state index is 11.9. The maximum atomic E-state index is 11.9. The molecule has 1 saturated heterocycles. The summed E-state index contributed by atoms with van der Waals surface area (Å²) in [5, 5.41) is 15.2. The van der Waals surface area contributed by atoms with Crippen molar-refractivity contribution in [2.75, 3.05) is 32.8 Å². The summed E-state index contributed by atoms with van der Waals surface area (Å²) in [5.74, 6) is 1.79. The number of ether oxygens (including phenoxy) is 1. The second-order valence-electron chi connectivity index (χ2n) is 7.79. The average molecular weight is 442 g/mol. The van der Waals surface area contributed by atoms with Crippen molar-refractivity contribution in [2.24, 2.45) is 4.99 Å². The van der Waals surface area contributed by atoms with Crippen LogP contribution in [0.2, 0.25) is 0 Å². The van der Waals surface area contributed by atoms with Crippen LogP contribution in [-0.2, 0) is 24.1 Å². The number of hydrogen-bond donors (Lipinski definition) is 2. The third-order valence-electron chi connectivity index (χ3n) is 5.53. The number of hydrogen-bond acceptors (Lipinski definition) is 5. The lowest BCUT2D eigenvalue weighted by Gasteiger charge is -2.32. The summed E-state index contributed by atoms with van der Waals surface area (Å²) in [4.78, 5) is 18.5. The van der Waals surface area contributed by atoms with Crippen molar-refractivity contribution < 1.29 is 9.53 Å². The standard InChI is InChI=1S/C23H35N7O2/c1-3-21-28-26-18-30(21)17-14-25-22(24-13-10-19-8-6-5-7-9-19)27-20-11-15-29(16-12-20)23(31)32-4-2/h5-9,18,20H,3-4,10-17H2,1-2H3,(H2,24,25,27). The molecule has 9 heteroatoms. The molecule has 1 aromatic carbocycles. The molecule has 2 heterocycles. The molecule has 2 N–H and O–H groups in total. The number of rotatable bonds is 9. The number of piperidine rings is 1. The van der Waals surface area contributed by atoms with Gasteiger partial charge in [0.25, 0.3) is 0 Å². The highest BCUT2D eigenvalue weighted by Crippen LogP contribution is 2.11. The predicted molar refractivity (Wildman–Crippen MR) is 125 cm³/mol. The number of carbonyl (C=O) groups excluding carboxylic acids is 1. The number of guanidine groups is 1. The van der Waals surface area contributed by atoms with E-state index in [1.807, 2.05) is 13.0 Å². The first-order valence-electron chi connectivity index (χ1n) is 11.6. The Bertz CT molecular complexity index is 845. The van der Waals surface area contributed by atoms with Gasteiger partial charge in [0.15, 0.2) is 5.96 Å². The molecule has 0 unspecified atom stereocenters. The molecule has 0 spiro atoms. The van der Waals surface area contributed by atoms with Gasteiger partial charge in [0.2, 0.25) is 0 Å². The number of nitrogens with one attached hydrogen (secondary N) is 2. The molecule has 32 heavy (non-hydrogen) atoms. The molecule has 1 aromatic heterocycles. The molecular weight excluding hydrogens is 406 g/mol. The smallest absolute Gasteiger partial charge is 0.409 e. The Balaban J connectivity index is 1.53. The van der Waals surface area contributed by atoms with Gasteiger partial charge in [-0.1, -0.05) is 37.3 Å². The Kier molecular flexibility index (Phi) is 9.34. The fraction of sp³-hybridized carbons (Fsp3) is 0.565. The monoisotopic (exact) mass is 441 g/mol. The summed E-state index contributed by atoms with van der Waals surface area (Å²) in [7, 11) is 0. The highest BCUT2D eigenvalue weighted by atomic mass is 16.6. The van der Waals surface area contributed by atoms with Crippen LogP contribution < -0.4 is 10.6 Å². The molecule has 1 fully saturated rings. The largest absolute Gasteiger partial charge is 0.450 e. The first kappa shape index (κ1) is 23.6. The summed E-state index contributed by atoms with van der Waals surface area (Å²) >= 11 is 0. The Labute approximate surface area is 190 Å². The van der Waals surface area contributed by atoms with Crippen molar-refractivity contribution in [3.8, 4) is 0 Å². The van der Waals surface area contributed by atoms with E-state index in [9.17, 15) is 4.79 Å². The van der Waals surface area contributed by atoms with Crippen LogP contribution in [0.4, 0.5) is 4.79 Å². The van der Waals surface area contributed by atoms with Gasteiger partial charge < -0.3 is 24.8 Å². The van der Waals surface area contributed by atoms with E-state index in [4.69, 9.17) is 9.73 Å². The number of nitrogens with zero attached hydrogens (tertiary/aromatic N) is 5. The summed E-state index contributed by atoms with van der Waals surface area (Å²) < 4.78 is 7.18. The van der Waals surface area contributed by atoms with E-state index in [0.29, 0.717) is 26.2 Å². The van der Waals surface area contributed by atoms with Gasteiger partial charge in [0, 0.05) is 45.2 Å². The van der Waals surface area contributed by atoms with Crippen LogP contribution in [0.15, 0.2) is 41.7 Å². The van der Waals surface area contributed by atoms with E-state index in [1.165, 1.54) is 5.56 Å². The summed E-state index contributed by atoms with van der Waals surface area (Å²) in [6.07, 6.45) is 5.02. The molecule has 174 valence electrons. The molecule has 1 amide bonds. The number of aromatic nitrogens is 3. The zero-order valence-electron chi connectivity index (χ0n) is 19.2. The van der Waals surface area contributed by atoms with Crippen molar-refractivity contribution in [3.05, 3.63) is 48.0 Å². The number of benzene rings is 1. The number of aliphatic imine (C=N–C) groups is 1. The quantitative estimate of drug-likeness (QED) is 0.458. The van der Waals surface area contributed by atoms with Gasteiger partial charge >= 0.3 is 6.09 Å². The first-order chi connectivity index (χ1) is 15.7. The Morgan fingerprint density at radius 3 is 2.72 bits per heavy atom. The molecule has 1 aliphatic rings. The second kappa shape index (κ2) is 12.7. The van der Waals surface area contributed by atoms with Gasteiger partial charge in [-0.05, 0) is 31.7 Å². The Morgan fingerprint density at radius 2 is 2.00 bits per heavy atom. The first-order valence-corrected chi connectivity index (χ1v) is 11.6. The molecule has 0 aliphatic carbocycles. The molecule has 3 rings (SSSR count). The SMILES string of the molecule is CCOC(=O)N1CCC(NC(=NCCc2ccccc2)NCCn2cnnc2CC)CC1. The Morgan fingerprint density at radius 1 is 1.22 bits per heavy atom. The van der Waals surface area contributed by atoms with Gasteiger partial charge in [0.05, 0.1) is 6.61 Å². The highest BCUT2D eigenvalue weighted by molar-refractivity contribution is 5.80. The fourth-order valence-electron chi connectivity index (χ4n) is 3.74. The zero-order valence-corrected chi connectivity index (χ0v) is 19.2. The van der Waals surface area contributed by atoms with Gasteiger partial charge in [-0.2, -0.15) is 0 Å². The molecule has 0 radical (unpaired) electrons. The van der Waals surface area contributed by atoms with E-state index in [2.05, 4.69) is 56.6 Å². The van der Waals surface area contributed by atoms with E-state index in [-0.39, 0.29) is 12.1 Å². The molecule has 0 bridgehead atoms. The lowest BCUT2D eigenvalue weighted by atomic mass is 10.1. The molecule has 1 aliphatic heterocycles. The molecule has 0 saturated carbocycles. The fourth-order valence-corrected chi connectivity index (χ4v) is 3.74. The molecular formula is C23H35N7O2. The Hall–Kier alpha value is -3.10. The van der Waals surface area contributed by atoms with Crippen LogP contribution in [0.5, 0.6) is 0 Å². The topological polar surface area (TPSA) is 96.7 Å². The normalized spacial score (nSPS) is 14.9. The van der Waals surface area contributed by atoms with E-state index < -0.39 is 0 Å². The highest BCUT2D eigenvalue weighted by Gasteiger charge is 2.24. The number of aryl methyl sites for hydroxylation is 1. The zero-order chi connectivity index (χ0) is 22.6. The molecule has 2 aromatic rings. The maximum Gasteiger partial charge on any atom is 0.409 e. The molecule has 9 nitrogen and oxygen atoms in total. The van der Waals surface area contributed by atoms with E-state index in [1.54, 1.807) is 11.2 Å². The second-order valence-corrected chi connectivity index (χ2v) is 7.79. The van der Waals surface area contributed by atoms with Gasteiger partial charge in [-0.15, -0.1) is 10.2 Å². The predicted octanol–water partition coefficient (Wildman–Crippen LogP) is 2.24. The van der Waals surface area contributed by atoms with Crippen molar-refractivity contribution in [3.63, 3.8) is 0 Å². The minimum Gasteiger partial charge on any atom is -0.450 e. The van der Waals surface area contributed by atoms with Crippen LogP contribution in [-0.4, -0.2) is 70.5 Å². The van der Waals surface area contributed by atoms with Gasteiger partial charge in [-0.25, -0.2) is 4.79 Å². The van der Waals surface area contributed by atoms with Gasteiger partial charge in [0.1, 0.15) is 12.2 Å². The number of amides is 1. The number of likely N-dealkylation sites (tertiary alicyclic amines) is 1. The lowest BCUT2D eigenvalue weighted by molar-refractivity contribution is 0.0963. The lowest BCUT2D eigenvalue weighted by Crippen LogP contribution is -2.50. The van der Waals surface area contributed by atoms with Crippen molar-refractivity contribution in [1.29, 1.82) is 0 Å². The summed E-state index contributed by atoms with van der Waals surface area (Å²) in [5.41, 5.74) is 1.27. The number of carbonyl (C=O) groups is 1. The van der Waals surface area contributed by atoms with Gasteiger partial charge in [-0.3, -0.25) is 4.99 Å².